The van der Waals surface area contributed by atoms with Gasteiger partial charge in [0.25, 0.3) is 0 Å². The van der Waals surface area contributed by atoms with Gasteiger partial charge in [-0.1, -0.05) is 35.3 Å². The number of halogens is 2. The SMILES string of the molecule is C[C@@H](N)c1ccc(OCc2ccc(C#N)cc2Cl)c(Cl)c1. The fraction of sp³-hybridized carbons (Fsp3) is 0.188. The van der Waals surface area contributed by atoms with Crippen LogP contribution in [0, 0.1) is 11.3 Å². The first-order valence-electron chi connectivity index (χ1n) is 6.37. The van der Waals surface area contributed by atoms with Crippen LogP contribution in [0.1, 0.15) is 29.7 Å². The molecular formula is C16H14Cl2N2O. The van der Waals surface area contributed by atoms with Crippen molar-refractivity contribution in [3.63, 3.8) is 0 Å². The van der Waals surface area contributed by atoms with Crippen molar-refractivity contribution in [3.8, 4) is 11.8 Å². The van der Waals surface area contributed by atoms with Crippen molar-refractivity contribution in [3.05, 3.63) is 63.1 Å². The van der Waals surface area contributed by atoms with Gasteiger partial charge in [-0.2, -0.15) is 5.26 Å². The molecule has 0 saturated heterocycles. The number of nitrogens with zero attached hydrogens (tertiary/aromatic N) is 1. The molecule has 108 valence electrons. The summed E-state index contributed by atoms with van der Waals surface area (Å²) in [5.41, 5.74) is 8.06. The molecule has 0 aliphatic heterocycles. The van der Waals surface area contributed by atoms with Crippen molar-refractivity contribution in [2.45, 2.75) is 19.6 Å². The quantitative estimate of drug-likeness (QED) is 0.904. The molecule has 0 aromatic heterocycles. The zero-order chi connectivity index (χ0) is 15.4. The average molecular weight is 321 g/mol. The summed E-state index contributed by atoms with van der Waals surface area (Å²) in [5.74, 6) is 0.571. The van der Waals surface area contributed by atoms with E-state index in [1.54, 1.807) is 30.3 Å². The maximum atomic E-state index is 8.80. The lowest BCUT2D eigenvalue weighted by Gasteiger charge is -2.12. The average Bonchev–Trinajstić information content (AvgIpc) is 2.46. The zero-order valence-electron chi connectivity index (χ0n) is 11.4. The molecule has 5 heteroatoms. The molecule has 0 fully saturated rings. The Hall–Kier alpha value is -1.73. The van der Waals surface area contributed by atoms with E-state index in [0.717, 1.165) is 11.1 Å². The van der Waals surface area contributed by atoms with E-state index in [0.29, 0.717) is 21.4 Å². The van der Waals surface area contributed by atoms with E-state index in [2.05, 4.69) is 0 Å². The van der Waals surface area contributed by atoms with Gasteiger partial charge in [0.1, 0.15) is 12.4 Å². The Bertz CT molecular complexity index is 693. The Morgan fingerprint density at radius 3 is 2.52 bits per heavy atom. The number of hydrogen-bond donors (Lipinski definition) is 1. The summed E-state index contributed by atoms with van der Waals surface area (Å²) in [5, 5.41) is 9.81. The van der Waals surface area contributed by atoms with Crippen molar-refractivity contribution in [2.75, 3.05) is 0 Å². The molecule has 2 aromatic rings. The second-order valence-electron chi connectivity index (χ2n) is 4.69. The van der Waals surface area contributed by atoms with Gasteiger partial charge in [0.05, 0.1) is 16.7 Å². The maximum Gasteiger partial charge on any atom is 0.138 e. The fourth-order valence-corrected chi connectivity index (χ4v) is 2.29. The van der Waals surface area contributed by atoms with Crippen LogP contribution in [0.25, 0.3) is 0 Å². The normalized spacial score (nSPS) is 11.8. The van der Waals surface area contributed by atoms with Crippen molar-refractivity contribution >= 4 is 23.2 Å². The van der Waals surface area contributed by atoms with Crippen LogP contribution in [0.3, 0.4) is 0 Å². The molecule has 0 aliphatic rings. The van der Waals surface area contributed by atoms with E-state index < -0.39 is 0 Å². The van der Waals surface area contributed by atoms with E-state index in [-0.39, 0.29) is 12.6 Å². The van der Waals surface area contributed by atoms with E-state index >= 15 is 0 Å². The molecule has 3 nitrogen and oxygen atoms in total. The van der Waals surface area contributed by atoms with Gasteiger partial charge in [-0.25, -0.2) is 0 Å². The number of rotatable bonds is 4. The van der Waals surface area contributed by atoms with Gasteiger partial charge in [0.15, 0.2) is 0 Å². The van der Waals surface area contributed by atoms with Gasteiger partial charge in [0.2, 0.25) is 0 Å². The third-order valence-corrected chi connectivity index (χ3v) is 3.69. The van der Waals surface area contributed by atoms with Crippen LogP contribution in [0.5, 0.6) is 5.75 Å². The predicted molar refractivity (Wildman–Crippen MR) is 84.6 cm³/mol. The van der Waals surface area contributed by atoms with Gasteiger partial charge >= 0.3 is 0 Å². The van der Waals surface area contributed by atoms with Crippen molar-refractivity contribution in [1.29, 1.82) is 5.26 Å². The minimum absolute atomic E-state index is 0.0791. The third-order valence-electron chi connectivity index (χ3n) is 3.05. The molecule has 21 heavy (non-hydrogen) atoms. The highest BCUT2D eigenvalue weighted by Gasteiger charge is 2.08. The molecule has 2 rings (SSSR count). The highest BCUT2D eigenvalue weighted by molar-refractivity contribution is 6.32. The molecular weight excluding hydrogens is 307 g/mol. The highest BCUT2D eigenvalue weighted by atomic mass is 35.5. The maximum absolute atomic E-state index is 8.80. The number of nitriles is 1. The summed E-state index contributed by atoms with van der Waals surface area (Å²) in [6, 6.07) is 12.5. The lowest BCUT2D eigenvalue weighted by atomic mass is 10.1. The number of nitrogens with two attached hydrogens (primary N) is 1. The molecule has 0 unspecified atom stereocenters. The van der Waals surface area contributed by atoms with E-state index in [9.17, 15) is 0 Å². The monoisotopic (exact) mass is 320 g/mol. The van der Waals surface area contributed by atoms with Gasteiger partial charge in [0, 0.05) is 16.6 Å². The first kappa shape index (κ1) is 15.7. The van der Waals surface area contributed by atoms with Crippen molar-refractivity contribution in [1.82, 2.24) is 0 Å². The van der Waals surface area contributed by atoms with Crippen LogP contribution in [0.4, 0.5) is 0 Å². The van der Waals surface area contributed by atoms with Crippen molar-refractivity contribution in [2.24, 2.45) is 5.73 Å². The molecule has 0 saturated carbocycles. The molecule has 0 spiro atoms. The molecule has 0 amide bonds. The van der Waals surface area contributed by atoms with Crippen LogP contribution in [0.15, 0.2) is 36.4 Å². The van der Waals surface area contributed by atoms with Gasteiger partial charge in [-0.3, -0.25) is 0 Å². The summed E-state index contributed by atoms with van der Waals surface area (Å²) in [7, 11) is 0. The molecule has 0 bridgehead atoms. The highest BCUT2D eigenvalue weighted by Crippen LogP contribution is 2.29. The van der Waals surface area contributed by atoms with Gasteiger partial charge < -0.3 is 10.5 Å². The standard InChI is InChI=1S/C16H14Cl2N2O/c1-10(20)12-4-5-16(15(18)7-12)21-9-13-3-2-11(8-19)6-14(13)17/h2-7,10H,9,20H2,1H3/t10-/m1/s1. The summed E-state index contributed by atoms with van der Waals surface area (Å²) in [6.45, 7) is 2.17. The molecule has 2 aromatic carbocycles. The number of benzene rings is 2. The summed E-state index contributed by atoms with van der Waals surface area (Å²) in [6.07, 6.45) is 0. The Morgan fingerprint density at radius 1 is 1.19 bits per heavy atom. The molecule has 0 radical (unpaired) electrons. The minimum Gasteiger partial charge on any atom is -0.487 e. The molecule has 2 N–H and O–H groups in total. The second-order valence-corrected chi connectivity index (χ2v) is 5.50. The van der Waals surface area contributed by atoms with Gasteiger partial charge in [-0.05, 0) is 36.8 Å². The predicted octanol–water partition coefficient (Wildman–Crippen LogP) is 4.46. The largest absolute Gasteiger partial charge is 0.487 e. The van der Waals surface area contributed by atoms with Crippen LogP contribution < -0.4 is 10.5 Å². The molecule has 0 heterocycles. The first-order chi connectivity index (χ1) is 10.0. The van der Waals surface area contributed by atoms with Crippen LogP contribution in [-0.2, 0) is 6.61 Å². The molecule has 1 atom stereocenters. The minimum atomic E-state index is -0.0791. The van der Waals surface area contributed by atoms with Gasteiger partial charge in [-0.15, -0.1) is 0 Å². The number of ether oxygens (including phenoxy) is 1. The lowest BCUT2D eigenvalue weighted by Crippen LogP contribution is -2.05. The Morgan fingerprint density at radius 2 is 1.95 bits per heavy atom. The first-order valence-corrected chi connectivity index (χ1v) is 7.13. The van der Waals surface area contributed by atoms with Crippen LogP contribution in [0.2, 0.25) is 10.0 Å². The summed E-state index contributed by atoms with van der Waals surface area (Å²) in [4.78, 5) is 0. The Kier molecular flexibility index (Phi) is 5.08. The lowest BCUT2D eigenvalue weighted by molar-refractivity contribution is 0.306. The summed E-state index contributed by atoms with van der Waals surface area (Å²) < 4.78 is 5.67. The van der Waals surface area contributed by atoms with E-state index in [1.807, 2.05) is 19.1 Å². The van der Waals surface area contributed by atoms with Crippen LogP contribution in [-0.4, -0.2) is 0 Å². The fourth-order valence-electron chi connectivity index (χ4n) is 1.81. The topological polar surface area (TPSA) is 59.0 Å². The smallest absolute Gasteiger partial charge is 0.138 e. The van der Waals surface area contributed by atoms with Crippen LogP contribution >= 0.6 is 23.2 Å². The van der Waals surface area contributed by atoms with E-state index in [4.69, 9.17) is 38.9 Å². The third kappa shape index (κ3) is 3.89. The van der Waals surface area contributed by atoms with Crippen molar-refractivity contribution < 1.29 is 4.74 Å². The Balaban J connectivity index is 2.12. The Labute approximate surface area is 133 Å². The number of hydrogen-bond acceptors (Lipinski definition) is 3. The second kappa shape index (κ2) is 6.82. The summed E-state index contributed by atoms with van der Waals surface area (Å²) >= 11 is 12.3. The zero-order valence-corrected chi connectivity index (χ0v) is 12.9. The molecule has 0 aliphatic carbocycles. The van der Waals surface area contributed by atoms with E-state index in [1.165, 1.54) is 0 Å².